The quantitative estimate of drug-likeness (QED) is 0.688. The number of halogens is 2. The number of benzene rings is 1. The fourth-order valence-corrected chi connectivity index (χ4v) is 5.05. The summed E-state index contributed by atoms with van der Waals surface area (Å²) in [5.74, 6) is -2.37. The third-order valence-corrected chi connectivity index (χ3v) is 6.71. The summed E-state index contributed by atoms with van der Waals surface area (Å²) in [6, 6.07) is 2.68. The van der Waals surface area contributed by atoms with Gasteiger partial charge < -0.3 is 10.2 Å². The molecular formula is C16H20F2N2O4S2. The molecule has 0 spiro atoms. The molecule has 1 aromatic rings. The molecule has 0 aromatic heterocycles. The molecule has 0 saturated carbocycles. The molecule has 0 radical (unpaired) electrons. The van der Waals surface area contributed by atoms with E-state index in [9.17, 15) is 26.8 Å². The molecule has 6 nitrogen and oxygen atoms in total. The van der Waals surface area contributed by atoms with E-state index in [1.54, 1.807) is 6.92 Å². The number of carbonyl (C=O) groups is 2. The van der Waals surface area contributed by atoms with Crippen LogP contribution in [0.1, 0.15) is 13.3 Å². The molecule has 144 valence electrons. The van der Waals surface area contributed by atoms with Crippen LogP contribution in [-0.4, -0.2) is 61.5 Å². The van der Waals surface area contributed by atoms with Crippen molar-refractivity contribution in [3.8, 4) is 0 Å². The summed E-state index contributed by atoms with van der Waals surface area (Å²) in [5.41, 5.74) is 0. The van der Waals surface area contributed by atoms with Gasteiger partial charge in [-0.25, -0.2) is 17.2 Å². The van der Waals surface area contributed by atoms with Crippen LogP contribution in [0.2, 0.25) is 0 Å². The lowest BCUT2D eigenvalue weighted by atomic mass is 10.2. The van der Waals surface area contributed by atoms with Gasteiger partial charge in [0.2, 0.25) is 11.8 Å². The minimum atomic E-state index is -3.10. The van der Waals surface area contributed by atoms with Crippen molar-refractivity contribution in [3.63, 3.8) is 0 Å². The molecule has 1 aliphatic heterocycles. The topological polar surface area (TPSA) is 83.6 Å². The van der Waals surface area contributed by atoms with Crippen LogP contribution in [0.5, 0.6) is 0 Å². The number of likely N-dealkylation sites (N-methyl/N-ethyl adjacent to an activating group) is 1. The molecule has 1 fully saturated rings. The fraction of sp³-hybridized carbons (Fsp3) is 0.500. The van der Waals surface area contributed by atoms with Gasteiger partial charge in [0.25, 0.3) is 0 Å². The SMILES string of the molecule is CCN(CC(=O)N[C@@H]1CCS(=O)(=O)C1)C(=O)CSc1ccc(F)cc1F. The van der Waals surface area contributed by atoms with Crippen molar-refractivity contribution in [3.05, 3.63) is 29.8 Å². The van der Waals surface area contributed by atoms with E-state index in [1.165, 1.54) is 11.0 Å². The Morgan fingerprint density at radius 1 is 1.35 bits per heavy atom. The van der Waals surface area contributed by atoms with Crippen molar-refractivity contribution >= 4 is 33.4 Å². The first-order valence-electron chi connectivity index (χ1n) is 8.05. The summed E-state index contributed by atoms with van der Waals surface area (Å²) >= 11 is 0.923. The summed E-state index contributed by atoms with van der Waals surface area (Å²) < 4.78 is 49.3. The smallest absolute Gasteiger partial charge is 0.239 e. The van der Waals surface area contributed by atoms with Crippen molar-refractivity contribution in [2.24, 2.45) is 0 Å². The number of carbonyl (C=O) groups excluding carboxylic acids is 2. The van der Waals surface area contributed by atoms with E-state index in [0.717, 1.165) is 23.9 Å². The molecule has 1 heterocycles. The first-order valence-corrected chi connectivity index (χ1v) is 10.9. The lowest BCUT2D eigenvalue weighted by Gasteiger charge is -2.21. The van der Waals surface area contributed by atoms with E-state index in [4.69, 9.17) is 0 Å². The van der Waals surface area contributed by atoms with Crippen LogP contribution in [-0.2, 0) is 19.4 Å². The molecule has 1 aromatic carbocycles. The molecule has 0 bridgehead atoms. The normalized spacial score (nSPS) is 18.5. The maximum Gasteiger partial charge on any atom is 0.239 e. The average Bonchev–Trinajstić information content (AvgIpc) is 2.90. The number of hydrogen-bond acceptors (Lipinski definition) is 5. The molecule has 1 N–H and O–H groups in total. The van der Waals surface area contributed by atoms with Gasteiger partial charge in [-0.1, -0.05) is 0 Å². The van der Waals surface area contributed by atoms with Crippen molar-refractivity contribution in [1.29, 1.82) is 0 Å². The highest BCUT2D eigenvalue weighted by atomic mass is 32.2. The third-order valence-electron chi connectivity index (χ3n) is 3.91. The second-order valence-corrected chi connectivity index (χ2v) is 9.18. The number of rotatable bonds is 7. The van der Waals surface area contributed by atoms with Crippen LogP contribution in [0.4, 0.5) is 8.78 Å². The number of nitrogens with zero attached hydrogens (tertiary/aromatic N) is 1. The number of amides is 2. The van der Waals surface area contributed by atoms with Crippen LogP contribution in [0.25, 0.3) is 0 Å². The molecule has 2 amide bonds. The van der Waals surface area contributed by atoms with Gasteiger partial charge in [-0.3, -0.25) is 9.59 Å². The Hall–Kier alpha value is -1.68. The van der Waals surface area contributed by atoms with E-state index in [-0.39, 0.29) is 41.2 Å². The Bertz CT molecular complexity index is 786. The van der Waals surface area contributed by atoms with Crippen LogP contribution in [0, 0.1) is 11.6 Å². The van der Waals surface area contributed by atoms with E-state index >= 15 is 0 Å². The zero-order valence-corrected chi connectivity index (χ0v) is 15.8. The lowest BCUT2D eigenvalue weighted by molar-refractivity contribution is -0.134. The van der Waals surface area contributed by atoms with Crippen molar-refractivity contribution in [1.82, 2.24) is 10.2 Å². The van der Waals surface area contributed by atoms with Gasteiger partial charge in [0, 0.05) is 23.5 Å². The van der Waals surface area contributed by atoms with Gasteiger partial charge in [0.15, 0.2) is 9.84 Å². The third kappa shape index (κ3) is 5.94. The zero-order chi connectivity index (χ0) is 19.3. The highest BCUT2D eigenvalue weighted by molar-refractivity contribution is 8.00. The Labute approximate surface area is 155 Å². The van der Waals surface area contributed by atoms with Crippen LogP contribution < -0.4 is 5.32 Å². The zero-order valence-electron chi connectivity index (χ0n) is 14.2. The Balaban J connectivity index is 1.84. The maximum atomic E-state index is 13.6. The molecule has 1 atom stereocenters. The van der Waals surface area contributed by atoms with Crippen LogP contribution >= 0.6 is 11.8 Å². The predicted molar refractivity (Wildman–Crippen MR) is 94.5 cm³/mol. The highest BCUT2D eigenvalue weighted by Gasteiger charge is 2.29. The number of thioether (sulfide) groups is 1. The molecule has 1 aliphatic rings. The maximum absolute atomic E-state index is 13.6. The number of hydrogen-bond donors (Lipinski definition) is 1. The minimum Gasteiger partial charge on any atom is -0.351 e. The van der Waals surface area contributed by atoms with E-state index in [2.05, 4.69) is 5.32 Å². The first-order chi connectivity index (χ1) is 12.2. The lowest BCUT2D eigenvalue weighted by Crippen LogP contribution is -2.45. The molecule has 1 saturated heterocycles. The fourth-order valence-electron chi connectivity index (χ4n) is 2.55. The highest BCUT2D eigenvalue weighted by Crippen LogP contribution is 2.22. The van der Waals surface area contributed by atoms with Gasteiger partial charge >= 0.3 is 0 Å². The van der Waals surface area contributed by atoms with E-state index in [1.807, 2.05) is 0 Å². The van der Waals surface area contributed by atoms with Gasteiger partial charge in [0.1, 0.15) is 11.6 Å². The molecule has 10 heteroatoms. The summed E-state index contributed by atoms with van der Waals surface area (Å²) in [6.07, 6.45) is 0.369. The molecular weight excluding hydrogens is 386 g/mol. The Morgan fingerprint density at radius 3 is 2.65 bits per heavy atom. The molecule has 2 rings (SSSR count). The number of sulfone groups is 1. The van der Waals surface area contributed by atoms with Gasteiger partial charge in [-0.2, -0.15) is 0 Å². The van der Waals surface area contributed by atoms with E-state index < -0.39 is 33.4 Å². The standard InChI is InChI=1S/C16H20F2N2O4S2/c1-2-20(8-15(21)19-12-5-6-26(23,24)10-12)16(22)9-25-14-4-3-11(17)7-13(14)18/h3-4,7,12H,2,5-6,8-10H2,1H3,(H,19,21)/t12-/m1/s1. The van der Waals surface area contributed by atoms with E-state index in [0.29, 0.717) is 6.42 Å². The monoisotopic (exact) mass is 406 g/mol. The van der Waals surface area contributed by atoms with Gasteiger partial charge in [-0.05, 0) is 25.5 Å². The second-order valence-electron chi connectivity index (χ2n) is 5.94. The molecule has 26 heavy (non-hydrogen) atoms. The average molecular weight is 406 g/mol. The predicted octanol–water partition coefficient (Wildman–Crippen LogP) is 1.21. The summed E-state index contributed by atoms with van der Waals surface area (Å²) in [7, 11) is -3.10. The molecule has 0 unspecified atom stereocenters. The summed E-state index contributed by atoms with van der Waals surface area (Å²) in [5, 5.41) is 2.62. The summed E-state index contributed by atoms with van der Waals surface area (Å²) in [6.45, 7) is 1.79. The van der Waals surface area contributed by atoms with Crippen LogP contribution in [0.3, 0.4) is 0 Å². The Kier molecular flexibility index (Phi) is 6.99. The van der Waals surface area contributed by atoms with Crippen molar-refractivity contribution in [2.45, 2.75) is 24.3 Å². The molecule has 0 aliphatic carbocycles. The van der Waals surface area contributed by atoms with Crippen molar-refractivity contribution in [2.75, 3.05) is 30.3 Å². The van der Waals surface area contributed by atoms with Crippen LogP contribution in [0.15, 0.2) is 23.1 Å². The summed E-state index contributed by atoms with van der Waals surface area (Å²) in [4.78, 5) is 25.7. The second kappa shape index (κ2) is 8.81. The van der Waals surface area contributed by atoms with Gasteiger partial charge in [-0.15, -0.1) is 11.8 Å². The minimum absolute atomic E-state index is 0.0498. The number of nitrogens with one attached hydrogen (secondary N) is 1. The largest absolute Gasteiger partial charge is 0.351 e. The first kappa shape index (κ1) is 20.6. The van der Waals surface area contributed by atoms with Gasteiger partial charge in [0.05, 0.1) is 23.8 Å². The Morgan fingerprint density at radius 2 is 2.08 bits per heavy atom. The van der Waals surface area contributed by atoms with Crippen molar-refractivity contribution < 1.29 is 26.8 Å².